The molecule has 0 aliphatic rings. The minimum atomic E-state index is 0.624. The number of pyridine rings is 1. The van der Waals surface area contributed by atoms with Gasteiger partial charge in [-0.3, -0.25) is 0 Å². The standard InChI is InChI=1S/C11H13BrN2/c1-2-3-4-5-9-6-10(7-13)11(12)14-8-9/h6,8H,2-5H2,1H3. The minimum absolute atomic E-state index is 0.624. The van der Waals surface area contributed by atoms with Crippen LogP contribution in [0.15, 0.2) is 16.9 Å². The molecule has 0 saturated carbocycles. The molecular formula is C11H13BrN2. The highest BCUT2D eigenvalue weighted by Crippen LogP contribution is 2.15. The Kier molecular flexibility index (Phi) is 4.61. The van der Waals surface area contributed by atoms with E-state index in [1.165, 1.54) is 19.3 Å². The summed E-state index contributed by atoms with van der Waals surface area (Å²) in [6, 6.07) is 4.03. The predicted octanol–water partition coefficient (Wildman–Crippen LogP) is 3.45. The molecule has 0 fully saturated rings. The highest BCUT2D eigenvalue weighted by molar-refractivity contribution is 9.10. The van der Waals surface area contributed by atoms with Crippen molar-refractivity contribution in [3.8, 4) is 6.07 Å². The van der Waals surface area contributed by atoms with Crippen LogP contribution in [-0.2, 0) is 6.42 Å². The van der Waals surface area contributed by atoms with Crippen LogP contribution in [0.1, 0.15) is 37.3 Å². The normalized spacial score (nSPS) is 9.79. The smallest absolute Gasteiger partial charge is 0.123 e. The first kappa shape index (κ1) is 11.2. The summed E-state index contributed by atoms with van der Waals surface area (Å²) in [5.74, 6) is 0. The fourth-order valence-electron chi connectivity index (χ4n) is 1.29. The molecule has 0 unspecified atom stereocenters. The topological polar surface area (TPSA) is 36.7 Å². The van der Waals surface area contributed by atoms with E-state index in [0.29, 0.717) is 10.2 Å². The number of halogens is 1. The van der Waals surface area contributed by atoms with Crippen LogP contribution >= 0.6 is 15.9 Å². The SMILES string of the molecule is CCCCCc1cnc(Br)c(C#N)c1. The van der Waals surface area contributed by atoms with Gasteiger partial charge in [0.2, 0.25) is 0 Å². The molecule has 1 heterocycles. The second kappa shape index (κ2) is 5.77. The van der Waals surface area contributed by atoms with Crippen molar-refractivity contribution < 1.29 is 0 Å². The Labute approximate surface area is 93.1 Å². The van der Waals surface area contributed by atoms with Crippen LogP contribution in [0.3, 0.4) is 0 Å². The van der Waals surface area contributed by atoms with Gasteiger partial charge in [-0.15, -0.1) is 0 Å². The minimum Gasteiger partial charge on any atom is -0.248 e. The maximum absolute atomic E-state index is 8.79. The van der Waals surface area contributed by atoms with Gasteiger partial charge in [-0.25, -0.2) is 4.98 Å². The van der Waals surface area contributed by atoms with Gasteiger partial charge in [0.1, 0.15) is 10.7 Å². The van der Waals surface area contributed by atoms with Gasteiger partial charge in [0.25, 0.3) is 0 Å². The Morgan fingerprint density at radius 3 is 2.93 bits per heavy atom. The van der Waals surface area contributed by atoms with Gasteiger partial charge < -0.3 is 0 Å². The number of rotatable bonds is 4. The molecule has 74 valence electrons. The molecule has 0 radical (unpaired) electrons. The summed E-state index contributed by atoms with van der Waals surface area (Å²) in [6.45, 7) is 2.18. The van der Waals surface area contributed by atoms with Crippen LogP contribution in [0.2, 0.25) is 0 Å². The number of hydrogen-bond acceptors (Lipinski definition) is 2. The van der Waals surface area contributed by atoms with E-state index in [-0.39, 0.29) is 0 Å². The van der Waals surface area contributed by atoms with Crippen molar-refractivity contribution in [3.63, 3.8) is 0 Å². The molecule has 0 bridgehead atoms. The summed E-state index contributed by atoms with van der Waals surface area (Å²) in [5.41, 5.74) is 1.78. The molecule has 1 aromatic heterocycles. The number of nitrogens with zero attached hydrogens (tertiary/aromatic N) is 2. The number of unbranched alkanes of at least 4 members (excludes halogenated alkanes) is 2. The van der Waals surface area contributed by atoms with Gasteiger partial charge in [0.15, 0.2) is 0 Å². The van der Waals surface area contributed by atoms with Crippen LogP contribution in [0.4, 0.5) is 0 Å². The van der Waals surface area contributed by atoms with Crippen molar-refractivity contribution in [2.24, 2.45) is 0 Å². The van der Waals surface area contributed by atoms with E-state index in [1.54, 1.807) is 0 Å². The molecular weight excluding hydrogens is 240 g/mol. The van der Waals surface area contributed by atoms with Crippen LogP contribution in [0, 0.1) is 11.3 Å². The Hall–Kier alpha value is -0.880. The summed E-state index contributed by atoms with van der Waals surface area (Å²) >= 11 is 3.24. The van der Waals surface area contributed by atoms with Crippen LogP contribution in [0.5, 0.6) is 0 Å². The Morgan fingerprint density at radius 1 is 1.50 bits per heavy atom. The quantitative estimate of drug-likeness (QED) is 0.608. The van der Waals surface area contributed by atoms with Gasteiger partial charge in [0, 0.05) is 6.20 Å². The lowest BCUT2D eigenvalue weighted by Crippen LogP contribution is -1.90. The van der Waals surface area contributed by atoms with Crippen LogP contribution in [0.25, 0.3) is 0 Å². The second-order valence-electron chi connectivity index (χ2n) is 3.25. The number of aromatic nitrogens is 1. The molecule has 2 nitrogen and oxygen atoms in total. The Balaban J connectivity index is 2.66. The monoisotopic (exact) mass is 252 g/mol. The van der Waals surface area contributed by atoms with Crippen LogP contribution < -0.4 is 0 Å². The summed E-state index contributed by atoms with van der Waals surface area (Å²) in [7, 11) is 0. The summed E-state index contributed by atoms with van der Waals surface area (Å²) in [4.78, 5) is 4.12. The number of aryl methyl sites for hydroxylation is 1. The van der Waals surface area contributed by atoms with Crippen molar-refractivity contribution in [2.75, 3.05) is 0 Å². The molecule has 14 heavy (non-hydrogen) atoms. The summed E-state index contributed by atoms with van der Waals surface area (Å²) < 4.78 is 0.638. The van der Waals surface area contributed by atoms with Gasteiger partial charge in [0.05, 0.1) is 5.56 Å². The molecule has 1 rings (SSSR count). The average Bonchev–Trinajstić information content (AvgIpc) is 2.21. The highest BCUT2D eigenvalue weighted by Gasteiger charge is 2.01. The zero-order valence-corrected chi connectivity index (χ0v) is 9.84. The van der Waals surface area contributed by atoms with Crippen molar-refractivity contribution in [2.45, 2.75) is 32.6 Å². The lowest BCUT2D eigenvalue weighted by molar-refractivity contribution is 0.715. The van der Waals surface area contributed by atoms with Gasteiger partial charge in [-0.2, -0.15) is 5.26 Å². The largest absolute Gasteiger partial charge is 0.248 e. The number of hydrogen-bond donors (Lipinski definition) is 0. The second-order valence-corrected chi connectivity index (χ2v) is 4.00. The van der Waals surface area contributed by atoms with Crippen molar-refractivity contribution in [3.05, 3.63) is 28.0 Å². The molecule has 0 aliphatic heterocycles. The average molecular weight is 253 g/mol. The zero-order chi connectivity index (χ0) is 10.4. The van der Waals surface area contributed by atoms with E-state index in [0.717, 1.165) is 12.0 Å². The molecule has 0 aliphatic carbocycles. The first-order valence-electron chi connectivity index (χ1n) is 4.82. The lowest BCUT2D eigenvalue weighted by atomic mass is 10.1. The lowest BCUT2D eigenvalue weighted by Gasteiger charge is -2.01. The molecule has 0 N–H and O–H groups in total. The third-order valence-electron chi connectivity index (χ3n) is 2.09. The molecule has 0 atom stereocenters. The van der Waals surface area contributed by atoms with Crippen LogP contribution in [-0.4, -0.2) is 4.98 Å². The van der Waals surface area contributed by atoms with Crippen molar-refractivity contribution >= 4 is 15.9 Å². The molecule has 0 aromatic carbocycles. The van der Waals surface area contributed by atoms with Gasteiger partial charge >= 0.3 is 0 Å². The maximum Gasteiger partial charge on any atom is 0.123 e. The fourth-order valence-corrected chi connectivity index (χ4v) is 1.59. The fraction of sp³-hybridized carbons (Fsp3) is 0.455. The van der Waals surface area contributed by atoms with E-state index < -0.39 is 0 Å². The van der Waals surface area contributed by atoms with E-state index in [2.05, 4.69) is 33.9 Å². The van der Waals surface area contributed by atoms with E-state index in [1.807, 2.05) is 12.3 Å². The van der Waals surface area contributed by atoms with Crippen molar-refractivity contribution in [1.82, 2.24) is 4.98 Å². The summed E-state index contributed by atoms with van der Waals surface area (Å²) in [6.07, 6.45) is 6.47. The zero-order valence-electron chi connectivity index (χ0n) is 8.26. The van der Waals surface area contributed by atoms with Gasteiger partial charge in [-0.1, -0.05) is 19.8 Å². The first-order chi connectivity index (χ1) is 6.77. The maximum atomic E-state index is 8.79. The molecule has 0 amide bonds. The first-order valence-corrected chi connectivity index (χ1v) is 5.61. The Bertz CT molecular complexity index is 342. The molecule has 3 heteroatoms. The van der Waals surface area contributed by atoms with Gasteiger partial charge in [-0.05, 0) is 40.4 Å². The predicted molar refractivity (Wildman–Crippen MR) is 59.9 cm³/mol. The third kappa shape index (κ3) is 3.12. The highest BCUT2D eigenvalue weighted by atomic mass is 79.9. The molecule has 1 aromatic rings. The summed E-state index contributed by atoms with van der Waals surface area (Å²) in [5, 5.41) is 8.79. The third-order valence-corrected chi connectivity index (χ3v) is 2.72. The number of nitriles is 1. The Morgan fingerprint density at radius 2 is 2.29 bits per heavy atom. The van der Waals surface area contributed by atoms with Crippen molar-refractivity contribution in [1.29, 1.82) is 5.26 Å². The molecule has 0 saturated heterocycles. The van der Waals surface area contributed by atoms with E-state index >= 15 is 0 Å². The van der Waals surface area contributed by atoms with E-state index in [9.17, 15) is 0 Å². The van der Waals surface area contributed by atoms with E-state index in [4.69, 9.17) is 5.26 Å². The molecule has 0 spiro atoms.